The van der Waals surface area contributed by atoms with Crippen molar-refractivity contribution in [3.8, 4) is 17.6 Å². The van der Waals surface area contributed by atoms with Gasteiger partial charge in [0, 0.05) is 11.4 Å². The van der Waals surface area contributed by atoms with Crippen LogP contribution in [0.2, 0.25) is 0 Å². The molecule has 1 N–H and O–H groups in total. The van der Waals surface area contributed by atoms with E-state index in [2.05, 4.69) is 27.3 Å². The van der Waals surface area contributed by atoms with Crippen LogP contribution in [0.1, 0.15) is 16.5 Å². The Hall–Kier alpha value is -1.55. The number of fused-ring (bicyclic) bond motifs is 1. The van der Waals surface area contributed by atoms with Crippen molar-refractivity contribution >= 4 is 27.3 Å². The van der Waals surface area contributed by atoms with E-state index < -0.39 is 0 Å². The fraction of sp³-hybridized carbons (Fsp3) is 0.214. The van der Waals surface area contributed by atoms with Gasteiger partial charge in [0.15, 0.2) is 11.5 Å². The van der Waals surface area contributed by atoms with Crippen LogP contribution < -0.4 is 14.8 Å². The van der Waals surface area contributed by atoms with Gasteiger partial charge in [-0.2, -0.15) is 5.26 Å². The minimum atomic E-state index is -0.386. The summed E-state index contributed by atoms with van der Waals surface area (Å²) in [5.41, 5.74) is 0.861. The quantitative estimate of drug-likeness (QED) is 0.915. The first-order valence-corrected chi connectivity index (χ1v) is 7.69. The van der Waals surface area contributed by atoms with Crippen LogP contribution in [-0.4, -0.2) is 6.79 Å². The molecule has 3 rings (SSSR count). The van der Waals surface area contributed by atoms with Gasteiger partial charge in [-0.1, -0.05) is 6.07 Å². The zero-order valence-corrected chi connectivity index (χ0v) is 12.8. The van der Waals surface area contributed by atoms with Crippen LogP contribution in [0.15, 0.2) is 34.1 Å². The molecule has 0 saturated heterocycles. The SMILES string of the molecule is N#CC(NCc1cccs1)c1cc(Br)c2c(c1)OCO2. The lowest BCUT2D eigenvalue weighted by Gasteiger charge is -2.12. The molecular weight excluding hydrogens is 340 g/mol. The van der Waals surface area contributed by atoms with Crippen molar-refractivity contribution in [1.29, 1.82) is 5.26 Å². The van der Waals surface area contributed by atoms with Gasteiger partial charge in [0.2, 0.25) is 6.79 Å². The minimum Gasteiger partial charge on any atom is -0.454 e. The lowest BCUT2D eigenvalue weighted by atomic mass is 10.1. The molecule has 0 bridgehead atoms. The van der Waals surface area contributed by atoms with Crippen LogP contribution in [0, 0.1) is 11.3 Å². The number of ether oxygens (including phenoxy) is 2. The molecule has 1 aliphatic rings. The van der Waals surface area contributed by atoms with Gasteiger partial charge in [-0.3, -0.25) is 5.32 Å². The summed E-state index contributed by atoms with van der Waals surface area (Å²) in [5, 5.41) is 14.6. The first kappa shape index (κ1) is 13.4. The molecule has 1 unspecified atom stereocenters. The molecule has 1 aromatic carbocycles. The maximum atomic E-state index is 9.35. The normalized spacial score (nSPS) is 14.0. The first-order valence-electron chi connectivity index (χ1n) is 6.02. The fourth-order valence-electron chi connectivity index (χ4n) is 2.01. The summed E-state index contributed by atoms with van der Waals surface area (Å²) in [6, 6.07) is 9.67. The Morgan fingerprint density at radius 1 is 1.45 bits per heavy atom. The van der Waals surface area contributed by atoms with E-state index in [9.17, 15) is 5.26 Å². The Kier molecular flexibility index (Phi) is 3.92. The summed E-state index contributed by atoms with van der Waals surface area (Å²) in [7, 11) is 0. The lowest BCUT2D eigenvalue weighted by Crippen LogP contribution is -2.18. The van der Waals surface area contributed by atoms with Crippen molar-refractivity contribution in [2.45, 2.75) is 12.6 Å². The van der Waals surface area contributed by atoms with Crippen LogP contribution in [-0.2, 0) is 6.54 Å². The second-order valence-corrected chi connectivity index (χ2v) is 6.15. The number of hydrogen-bond donors (Lipinski definition) is 1. The standard InChI is InChI=1S/C14H11BrN2O2S/c15-11-4-9(5-13-14(11)19-8-18-13)12(6-16)17-7-10-2-1-3-20-10/h1-5,12,17H,7-8H2. The number of thiophene rings is 1. The summed E-state index contributed by atoms with van der Waals surface area (Å²) in [4.78, 5) is 1.20. The molecule has 0 saturated carbocycles. The van der Waals surface area contributed by atoms with E-state index in [4.69, 9.17) is 9.47 Å². The van der Waals surface area contributed by atoms with Crippen LogP contribution in [0.3, 0.4) is 0 Å². The number of nitriles is 1. The van der Waals surface area contributed by atoms with Crippen LogP contribution in [0.4, 0.5) is 0 Å². The molecule has 1 aromatic heterocycles. The lowest BCUT2D eigenvalue weighted by molar-refractivity contribution is 0.173. The van der Waals surface area contributed by atoms with Gasteiger partial charge in [-0.15, -0.1) is 11.3 Å². The van der Waals surface area contributed by atoms with Gasteiger partial charge < -0.3 is 9.47 Å². The molecule has 20 heavy (non-hydrogen) atoms. The predicted octanol–water partition coefficient (Wildman–Crippen LogP) is 3.59. The van der Waals surface area contributed by atoms with Crippen molar-refractivity contribution in [3.05, 3.63) is 44.6 Å². The van der Waals surface area contributed by atoms with Crippen molar-refractivity contribution in [1.82, 2.24) is 5.32 Å². The fourth-order valence-corrected chi connectivity index (χ4v) is 3.24. The second-order valence-electron chi connectivity index (χ2n) is 4.26. The third-order valence-electron chi connectivity index (χ3n) is 2.97. The molecule has 0 spiro atoms. The Bertz CT molecular complexity index is 652. The van der Waals surface area contributed by atoms with Crippen LogP contribution in [0.5, 0.6) is 11.5 Å². The largest absolute Gasteiger partial charge is 0.454 e. The molecule has 0 aliphatic carbocycles. The number of benzene rings is 1. The molecular formula is C14H11BrN2O2S. The Morgan fingerprint density at radius 3 is 3.10 bits per heavy atom. The molecule has 0 amide bonds. The Balaban J connectivity index is 1.79. The highest BCUT2D eigenvalue weighted by Crippen LogP contribution is 2.41. The van der Waals surface area contributed by atoms with Crippen LogP contribution in [0.25, 0.3) is 0 Å². The highest BCUT2D eigenvalue weighted by atomic mass is 79.9. The van der Waals surface area contributed by atoms with E-state index >= 15 is 0 Å². The first-order chi connectivity index (χ1) is 9.78. The third-order valence-corrected chi connectivity index (χ3v) is 4.44. The van der Waals surface area contributed by atoms with Crippen molar-refractivity contribution in [2.75, 3.05) is 6.79 Å². The minimum absolute atomic E-state index is 0.219. The van der Waals surface area contributed by atoms with Gasteiger partial charge in [-0.05, 0) is 45.1 Å². The van der Waals surface area contributed by atoms with Gasteiger partial charge in [0.05, 0.1) is 10.5 Å². The number of nitrogens with zero attached hydrogens (tertiary/aromatic N) is 1. The average molecular weight is 351 g/mol. The molecule has 6 heteroatoms. The summed E-state index contributed by atoms with van der Waals surface area (Å²) in [6.07, 6.45) is 0. The van der Waals surface area contributed by atoms with Crippen LogP contribution >= 0.6 is 27.3 Å². The van der Waals surface area contributed by atoms with Gasteiger partial charge >= 0.3 is 0 Å². The maximum Gasteiger partial charge on any atom is 0.231 e. The van der Waals surface area contributed by atoms with Crippen molar-refractivity contribution < 1.29 is 9.47 Å². The summed E-state index contributed by atoms with van der Waals surface area (Å²) >= 11 is 5.11. The zero-order chi connectivity index (χ0) is 13.9. The Morgan fingerprint density at radius 2 is 2.35 bits per heavy atom. The summed E-state index contributed by atoms with van der Waals surface area (Å²) < 4.78 is 11.5. The van der Waals surface area contributed by atoms with E-state index in [1.165, 1.54) is 4.88 Å². The van der Waals surface area contributed by atoms with Gasteiger partial charge in [0.1, 0.15) is 6.04 Å². The summed E-state index contributed by atoms with van der Waals surface area (Å²) in [5.74, 6) is 1.37. The van der Waals surface area contributed by atoms with Gasteiger partial charge in [0.25, 0.3) is 0 Å². The van der Waals surface area contributed by atoms with E-state index in [-0.39, 0.29) is 12.8 Å². The predicted molar refractivity (Wildman–Crippen MR) is 79.8 cm³/mol. The molecule has 0 radical (unpaired) electrons. The Labute approximate surface area is 129 Å². The topological polar surface area (TPSA) is 54.3 Å². The van der Waals surface area contributed by atoms with Crippen molar-refractivity contribution in [3.63, 3.8) is 0 Å². The smallest absolute Gasteiger partial charge is 0.231 e. The van der Waals surface area contributed by atoms with Gasteiger partial charge in [-0.25, -0.2) is 0 Å². The number of nitrogens with one attached hydrogen (secondary N) is 1. The monoisotopic (exact) mass is 350 g/mol. The molecule has 1 atom stereocenters. The number of hydrogen-bond acceptors (Lipinski definition) is 5. The van der Waals surface area contributed by atoms with E-state index in [0.717, 1.165) is 10.0 Å². The highest BCUT2D eigenvalue weighted by molar-refractivity contribution is 9.10. The molecule has 0 fully saturated rings. The van der Waals surface area contributed by atoms with E-state index in [1.54, 1.807) is 11.3 Å². The second kappa shape index (κ2) is 5.83. The maximum absolute atomic E-state index is 9.35. The molecule has 4 nitrogen and oxygen atoms in total. The third kappa shape index (κ3) is 2.66. The molecule has 2 aromatic rings. The van der Waals surface area contributed by atoms with E-state index in [0.29, 0.717) is 18.0 Å². The number of rotatable bonds is 4. The summed E-state index contributed by atoms with van der Waals surface area (Å²) in [6.45, 7) is 0.888. The number of halogens is 1. The molecule has 1 aliphatic heterocycles. The van der Waals surface area contributed by atoms with E-state index in [1.807, 2.05) is 29.6 Å². The average Bonchev–Trinajstić information content (AvgIpc) is 3.10. The zero-order valence-electron chi connectivity index (χ0n) is 10.4. The molecule has 2 heterocycles. The van der Waals surface area contributed by atoms with Crippen molar-refractivity contribution in [2.24, 2.45) is 0 Å². The highest BCUT2D eigenvalue weighted by Gasteiger charge is 2.21. The molecule has 102 valence electrons.